The molecule has 2 aromatic carbocycles. The maximum atomic E-state index is 11.2. The maximum Gasteiger partial charge on any atom is 0.123 e. The third-order valence-corrected chi connectivity index (χ3v) is 6.92. The van der Waals surface area contributed by atoms with E-state index < -0.39 is 0 Å². The molecule has 0 aliphatic carbocycles. The van der Waals surface area contributed by atoms with Crippen LogP contribution in [0.2, 0.25) is 0 Å². The van der Waals surface area contributed by atoms with Crippen molar-refractivity contribution >= 4 is 0 Å². The molecular weight excluding hydrogens is 442 g/mol. The van der Waals surface area contributed by atoms with Crippen molar-refractivity contribution in [2.75, 3.05) is 6.54 Å². The molecule has 0 saturated carbocycles. The fraction of sp³-hybridized carbons (Fsp3) is 0.636. The average Bonchev–Trinajstić information content (AvgIpc) is 2.67. The monoisotopic (exact) mass is 495 g/mol. The molecule has 0 bridgehead atoms. The van der Waals surface area contributed by atoms with Crippen LogP contribution in [0.15, 0.2) is 24.3 Å². The van der Waals surface area contributed by atoms with E-state index in [-0.39, 0.29) is 21.7 Å². The zero-order valence-corrected chi connectivity index (χ0v) is 25.5. The zero-order valence-electron chi connectivity index (χ0n) is 25.5. The molecule has 0 saturated heterocycles. The van der Waals surface area contributed by atoms with Crippen molar-refractivity contribution in [3.8, 4) is 11.5 Å². The van der Waals surface area contributed by atoms with E-state index in [1.807, 2.05) is 0 Å². The number of rotatable bonds is 6. The molecule has 2 N–H and O–H groups in total. The highest BCUT2D eigenvalue weighted by molar-refractivity contribution is 5.51. The van der Waals surface area contributed by atoms with Crippen molar-refractivity contribution in [1.82, 2.24) is 4.90 Å². The lowest BCUT2D eigenvalue weighted by Crippen LogP contribution is -2.26. The first-order valence-electron chi connectivity index (χ1n) is 13.6. The van der Waals surface area contributed by atoms with Crippen LogP contribution in [0, 0.1) is 0 Å². The minimum atomic E-state index is -0.143. The van der Waals surface area contributed by atoms with E-state index in [1.54, 1.807) is 0 Å². The van der Waals surface area contributed by atoms with Crippen LogP contribution in [-0.2, 0) is 34.7 Å². The van der Waals surface area contributed by atoms with E-state index in [2.05, 4.69) is 119 Å². The minimum absolute atomic E-state index is 0.143. The normalized spacial score (nSPS) is 13.5. The Kier molecular flexibility index (Phi) is 8.73. The van der Waals surface area contributed by atoms with Crippen LogP contribution in [0.4, 0.5) is 0 Å². The van der Waals surface area contributed by atoms with Gasteiger partial charge in [0.25, 0.3) is 0 Å². The average molecular weight is 496 g/mol. The third-order valence-electron chi connectivity index (χ3n) is 6.92. The Morgan fingerprint density at radius 1 is 0.528 bits per heavy atom. The lowest BCUT2D eigenvalue weighted by Gasteiger charge is -2.31. The number of phenolic OH excluding ortho intramolecular Hbond substituents is 2. The van der Waals surface area contributed by atoms with Crippen molar-refractivity contribution in [1.29, 1.82) is 0 Å². The highest BCUT2D eigenvalue weighted by atomic mass is 16.3. The Morgan fingerprint density at radius 2 is 0.778 bits per heavy atom. The van der Waals surface area contributed by atoms with Gasteiger partial charge in [-0.15, -0.1) is 0 Å². The summed E-state index contributed by atoms with van der Waals surface area (Å²) >= 11 is 0. The second-order valence-corrected chi connectivity index (χ2v) is 14.8. The molecule has 36 heavy (non-hydrogen) atoms. The highest BCUT2D eigenvalue weighted by Gasteiger charge is 2.28. The van der Waals surface area contributed by atoms with Gasteiger partial charge in [-0.3, -0.25) is 4.90 Å². The molecule has 0 atom stereocenters. The van der Waals surface area contributed by atoms with Gasteiger partial charge in [-0.2, -0.15) is 0 Å². The number of hydrogen-bond acceptors (Lipinski definition) is 3. The van der Waals surface area contributed by atoms with Crippen LogP contribution in [0.5, 0.6) is 11.5 Å². The van der Waals surface area contributed by atoms with Gasteiger partial charge in [-0.25, -0.2) is 0 Å². The molecule has 2 aromatic rings. The summed E-state index contributed by atoms with van der Waals surface area (Å²) in [5.74, 6) is 0.868. The van der Waals surface area contributed by atoms with Gasteiger partial charge in [0, 0.05) is 13.1 Å². The summed E-state index contributed by atoms with van der Waals surface area (Å²) in [7, 11) is 0. The molecule has 0 fully saturated rings. The van der Waals surface area contributed by atoms with E-state index in [9.17, 15) is 10.2 Å². The first-order chi connectivity index (χ1) is 16.2. The molecule has 0 amide bonds. The molecule has 0 aliphatic heterocycles. The summed E-state index contributed by atoms with van der Waals surface area (Å²) in [5.41, 5.74) is 5.94. The molecule has 2 rings (SSSR count). The summed E-state index contributed by atoms with van der Waals surface area (Å²) in [5, 5.41) is 22.3. The fourth-order valence-electron chi connectivity index (χ4n) is 4.90. The van der Waals surface area contributed by atoms with Crippen molar-refractivity contribution in [2.24, 2.45) is 0 Å². The predicted octanol–water partition coefficient (Wildman–Crippen LogP) is 8.70. The lowest BCUT2D eigenvalue weighted by atomic mass is 9.78. The molecular formula is C33H53NO2. The standard InChI is InChI=1S/C33H53NO2/c1-14-15-34(20-22-16-24(30(2,3)4)28(35)25(17-22)31(5,6)7)21-23-18-26(32(8,9)10)29(36)27(19-23)33(11,12)13/h16-19,35-36H,14-15,20-21H2,1-13H3. The summed E-state index contributed by atoms with van der Waals surface area (Å²) in [6.07, 6.45) is 1.06. The van der Waals surface area contributed by atoms with E-state index in [4.69, 9.17) is 0 Å². The van der Waals surface area contributed by atoms with Gasteiger partial charge >= 0.3 is 0 Å². The largest absolute Gasteiger partial charge is 0.507 e. The third kappa shape index (κ3) is 7.28. The molecule has 0 aromatic heterocycles. The first kappa shape index (κ1) is 30.2. The smallest absolute Gasteiger partial charge is 0.123 e. The molecule has 0 radical (unpaired) electrons. The van der Waals surface area contributed by atoms with Crippen LogP contribution in [0.1, 0.15) is 130 Å². The van der Waals surface area contributed by atoms with Gasteiger partial charge in [0.2, 0.25) is 0 Å². The Hall–Kier alpha value is -2.00. The molecule has 0 heterocycles. The first-order valence-corrected chi connectivity index (χ1v) is 13.6. The van der Waals surface area contributed by atoms with Crippen LogP contribution in [0.3, 0.4) is 0 Å². The summed E-state index contributed by atoms with van der Waals surface area (Å²) in [6, 6.07) is 8.80. The van der Waals surface area contributed by atoms with Gasteiger partial charge < -0.3 is 10.2 Å². The highest BCUT2D eigenvalue weighted by Crippen LogP contribution is 2.41. The fourth-order valence-corrected chi connectivity index (χ4v) is 4.90. The number of benzene rings is 2. The molecule has 0 spiro atoms. The van der Waals surface area contributed by atoms with Crippen LogP contribution in [-0.4, -0.2) is 21.7 Å². The molecule has 3 heteroatoms. The number of phenols is 2. The van der Waals surface area contributed by atoms with Gasteiger partial charge in [0.15, 0.2) is 0 Å². The minimum Gasteiger partial charge on any atom is -0.507 e. The van der Waals surface area contributed by atoms with Crippen molar-refractivity contribution in [2.45, 2.75) is 131 Å². The topological polar surface area (TPSA) is 43.7 Å². The Bertz CT molecular complexity index is 900. The van der Waals surface area contributed by atoms with E-state index in [1.165, 1.54) is 11.1 Å². The number of aromatic hydroxyl groups is 2. The maximum absolute atomic E-state index is 11.2. The predicted molar refractivity (Wildman–Crippen MR) is 155 cm³/mol. The number of hydrogen-bond donors (Lipinski definition) is 2. The summed E-state index contributed by atoms with van der Waals surface area (Å²) < 4.78 is 0. The van der Waals surface area contributed by atoms with E-state index >= 15 is 0 Å². The zero-order chi connectivity index (χ0) is 27.9. The SMILES string of the molecule is CCCN(Cc1cc(C(C)(C)C)c(O)c(C(C)(C)C)c1)Cc1cc(C(C)(C)C)c(O)c(C(C)(C)C)c1. The van der Waals surface area contributed by atoms with Crippen molar-refractivity contribution in [3.63, 3.8) is 0 Å². The number of nitrogens with zero attached hydrogens (tertiary/aromatic N) is 1. The summed E-state index contributed by atoms with van der Waals surface area (Å²) in [4.78, 5) is 2.50. The molecule has 0 aliphatic rings. The lowest BCUT2D eigenvalue weighted by molar-refractivity contribution is 0.256. The second-order valence-electron chi connectivity index (χ2n) is 14.8. The van der Waals surface area contributed by atoms with Gasteiger partial charge in [-0.05, 0) is 68.0 Å². The van der Waals surface area contributed by atoms with E-state index in [0.717, 1.165) is 48.3 Å². The van der Waals surface area contributed by atoms with Crippen molar-refractivity contribution < 1.29 is 10.2 Å². The van der Waals surface area contributed by atoms with Crippen molar-refractivity contribution in [3.05, 3.63) is 57.6 Å². The van der Waals surface area contributed by atoms with Crippen LogP contribution >= 0.6 is 0 Å². The molecule has 3 nitrogen and oxygen atoms in total. The van der Waals surface area contributed by atoms with Gasteiger partial charge in [0.1, 0.15) is 11.5 Å². The van der Waals surface area contributed by atoms with Crippen LogP contribution < -0.4 is 0 Å². The Labute approximate surface area is 222 Å². The Morgan fingerprint density at radius 3 is 0.972 bits per heavy atom. The summed E-state index contributed by atoms with van der Waals surface area (Å²) in [6.45, 7) is 30.8. The van der Waals surface area contributed by atoms with Gasteiger partial charge in [-0.1, -0.05) is 114 Å². The van der Waals surface area contributed by atoms with E-state index in [0.29, 0.717) is 11.5 Å². The molecule has 0 unspecified atom stereocenters. The van der Waals surface area contributed by atoms with Crippen LogP contribution in [0.25, 0.3) is 0 Å². The second kappa shape index (κ2) is 10.4. The molecule has 202 valence electrons. The van der Waals surface area contributed by atoms with Gasteiger partial charge in [0.05, 0.1) is 0 Å². The Balaban J connectivity index is 2.58. The quantitative estimate of drug-likeness (QED) is 0.421.